The minimum Gasteiger partial charge on any atom is -0.467 e. The first-order valence-corrected chi connectivity index (χ1v) is 9.16. The standard InChI is InChI=1S/C21H31NO6/c1-20(2,3)27-17(23)13-15-10-8-14(9-11-15)12-16(18(24)26-7)22-19(25)28-21(4,5)6/h8-11,16H,12-13H2,1-7H3,(H,22,25)/t16-/m0/s1. The number of esters is 2. The van der Waals surface area contributed by atoms with Crippen LogP contribution < -0.4 is 5.32 Å². The maximum atomic E-state index is 12.0. The lowest BCUT2D eigenvalue weighted by Gasteiger charge is -2.22. The number of hydrogen-bond donors (Lipinski definition) is 1. The second-order valence-electron chi connectivity index (χ2n) is 8.51. The van der Waals surface area contributed by atoms with Gasteiger partial charge in [0.1, 0.15) is 17.2 Å². The van der Waals surface area contributed by atoms with E-state index < -0.39 is 29.3 Å². The summed E-state index contributed by atoms with van der Waals surface area (Å²) in [6, 6.07) is 6.30. The summed E-state index contributed by atoms with van der Waals surface area (Å²) in [5, 5.41) is 2.54. The minimum absolute atomic E-state index is 0.161. The normalized spacial score (nSPS) is 12.7. The monoisotopic (exact) mass is 393 g/mol. The van der Waals surface area contributed by atoms with E-state index in [1.807, 2.05) is 20.8 Å². The first-order chi connectivity index (χ1) is 12.8. The second-order valence-corrected chi connectivity index (χ2v) is 8.51. The zero-order valence-electron chi connectivity index (χ0n) is 17.8. The van der Waals surface area contributed by atoms with Gasteiger partial charge < -0.3 is 19.5 Å². The maximum absolute atomic E-state index is 12.0. The van der Waals surface area contributed by atoms with Gasteiger partial charge in [-0.15, -0.1) is 0 Å². The van der Waals surface area contributed by atoms with Crippen molar-refractivity contribution in [3.8, 4) is 0 Å². The molecule has 156 valence electrons. The lowest BCUT2D eigenvalue weighted by molar-refractivity contribution is -0.154. The molecule has 0 aliphatic rings. The fourth-order valence-corrected chi connectivity index (χ4v) is 2.36. The lowest BCUT2D eigenvalue weighted by Crippen LogP contribution is -2.45. The summed E-state index contributed by atoms with van der Waals surface area (Å²) in [7, 11) is 1.26. The highest BCUT2D eigenvalue weighted by Crippen LogP contribution is 2.13. The van der Waals surface area contributed by atoms with Crippen LogP contribution in [-0.4, -0.2) is 42.4 Å². The lowest BCUT2D eigenvalue weighted by atomic mass is 10.0. The summed E-state index contributed by atoms with van der Waals surface area (Å²) < 4.78 is 15.3. The van der Waals surface area contributed by atoms with Gasteiger partial charge in [0.2, 0.25) is 0 Å². The highest BCUT2D eigenvalue weighted by Gasteiger charge is 2.25. The van der Waals surface area contributed by atoms with E-state index in [9.17, 15) is 14.4 Å². The van der Waals surface area contributed by atoms with Gasteiger partial charge in [0, 0.05) is 6.42 Å². The number of carbonyl (C=O) groups is 3. The van der Waals surface area contributed by atoms with E-state index in [-0.39, 0.29) is 18.8 Å². The summed E-state index contributed by atoms with van der Waals surface area (Å²) in [5.74, 6) is -0.872. The largest absolute Gasteiger partial charge is 0.467 e. The molecule has 1 aromatic carbocycles. The number of alkyl carbamates (subject to hydrolysis) is 1. The van der Waals surface area contributed by atoms with Gasteiger partial charge >= 0.3 is 18.0 Å². The van der Waals surface area contributed by atoms with Crippen LogP contribution in [0.5, 0.6) is 0 Å². The molecule has 1 amide bonds. The van der Waals surface area contributed by atoms with Crippen LogP contribution in [0.25, 0.3) is 0 Å². The highest BCUT2D eigenvalue weighted by molar-refractivity contribution is 5.81. The third-order valence-electron chi connectivity index (χ3n) is 3.41. The Balaban J connectivity index is 2.75. The fourth-order valence-electron chi connectivity index (χ4n) is 2.36. The Morgan fingerprint density at radius 2 is 1.39 bits per heavy atom. The Kier molecular flexibility index (Phi) is 8.02. The van der Waals surface area contributed by atoms with Crippen molar-refractivity contribution in [2.45, 2.75) is 71.6 Å². The van der Waals surface area contributed by atoms with Crippen molar-refractivity contribution in [1.82, 2.24) is 5.32 Å². The molecule has 7 nitrogen and oxygen atoms in total. The number of rotatable bonds is 6. The quantitative estimate of drug-likeness (QED) is 0.590. The zero-order valence-corrected chi connectivity index (χ0v) is 17.8. The molecule has 0 aromatic heterocycles. The van der Waals surface area contributed by atoms with Crippen molar-refractivity contribution >= 4 is 18.0 Å². The van der Waals surface area contributed by atoms with Crippen LogP contribution in [0.4, 0.5) is 4.79 Å². The molecule has 0 heterocycles. The van der Waals surface area contributed by atoms with Gasteiger partial charge in [-0.05, 0) is 52.7 Å². The molecule has 0 spiro atoms. The van der Waals surface area contributed by atoms with Crippen LogP contribution in [0.3, 0.4) is 0 Å². The molecule has 0 unspecified atom stereocenters. The number of carbonyl (C=O) groups excluding carboxylic acids is 3. The number of benzene rings is 1. The van der Waals surface area contributed by atoms with Gasteiger partial charge in [0.15, 0.2) is 0 Å². The van der Waals surface area contributed by atoms with Crippen molar-refractivity contribution in [2.24, 2.45) is 0 Å². The first kappa shape index (κ1) is 23.5. The van der Waals surface area contributed by atoms with Crippen LogP contribution in [0.2, 0.25) is 0 Å². The van der Waals surface area contributed by atoms with Crippen LogP contribution in [0.1, 0.15) is 52.7 Å². The number of ether oxygens (including phenoxy) is 3. The van der Waals surface area contributed by atoms with E-state index in [1.54, 1.807) is 45.0 Å². The van der Waals surface area contributed by atoms with Crippen molar-refractivity contribution < 1.29 is 28.6 Å². The average Bonchev–Trinajstić information content (AvgIpc) is 2.51. The Morgan fingerprint density at radius 1 is 0.893 bits per heavy atom. The van der Waals surface area contributed by atoms with E-state index >= 15 is 0 Å². The molecule has 1 rings (SSSR count). The van der Waals surface area contributed by atoms with E-state index in [0.29, 0.717) is 0 Å². The number of amides is 1. The molecule has 1 N–H and O–H groups in total. The predicted octanol–water partition coefficient (Wildman–Crippen LogP) is 3.18. The molecule has 0 saturated carbocycles. The number of nitrogens with one attached hydrogen (secondary N) is 1. The third-order valence-corrected chi connectivity index (χ3v) is 3.41. The SMILES string of the molecule is COC(=O)[C@H](Cc1ccc(CC(=O)OC(C)(C)C)cc1)NC(=O)OC(C)(C)C. The molecule has 7 heteroatoms. The van der Waals surface area contributed by atoms with Gasteiger partial charge in [-0.25, -0.2) is 9.59 Å². The smallest absolute Gasteiger partial charge is 0.408 e. The van der Waals surface area contributed by atoms with E-state index in [4.69, 9.17) is 14.2 Å². The average molecular weight is 393 g/mol. The maximum Gasteiger partial charge on any atom is 0.408 e. The molecule has 0 bridgehead atoms. The topological polar surface area (TPSA) is 90.9 Å². The van der Waals surface area contributed by atoms with Crippen molar-refractivity contribution in [1.29, 1.82) is 0 Å². The van der Waals surface area contributed by atoms with Gasteiger partial charge in [-0.2, -0.15) is 0 Å². The molecule has 1 aromatic rings. The number of hydrogen-bond acceptors (Lipinski definition) is 6. The van der Waals surface area contributed by atoms with Crippen molar-refractivity contribution in [3.05, 3.63) is 35.4 Å². The molecule has 1 atom stereocenters. The molecule has 0 radical (unpaired) electrons. The highest BCUT2D eigenvalue weighted by atomic mass is 16.6. The van der Waals surface area contributed by atoms with E-state index in [2.05, 4.69) is 5.32 Å². The Bertz CT molecular complexity index is 682. The third kappa shape index (κ3) is 9.39. The zero-order chi connectivity index (χ0) is 21.5. The molecule has 0 fully saturated rings. The van der Waals surface area contributed by atoms with Crippen molar-refractivity contribution in [3.63, 3.8) is 0 Å². The van der Waals surface area contributed by atoms with Crippen LogP contribution >= 0.6 is 0 Å². The molecule has 28 heavy (non-hydrogen) atoms. The Hall–Kier alpha value is -2.57. The summed E-state index contributed by atoms with van der Waals surface area (Å²) in [6.45, 7) is 10.7. The summed E-state index contributed by atoms with van der Waals surface area (Å²) in [5.41, 5.74) is 0.402. The predicted molar refractivity (Wildman–Crippen MR) is 105 cm³/mol. The van der Waals surface area contributed by atoms with Crippen LogP contribution in [-0.2, 0) is 36.6 Å². The number of methoxy groups -OCH3 is 1. The minimum atomic E-state index is -0.878. The molecular weight excluding hydrogens is 362 g/mol. The molecule has 0 saturated heterocycles. The first-order valence-electron chi connectivity index (χ1n) is 9.16. The van der Waals surface area contributed by atoms with E-state index in [0.717, 1.165) is 11.1 Å². The van der Waals surface area contributed by atoms with Gasteiger partial charge in [0.05, 0.1) is 13.5 Å². The van der Waals surface area contributed by atoms with E-state index in [1.165, 1.54) is 7.11 Å². The van der Waals surface area contributed by atoms with Gasteiger partial charge in [0.25, 0.3) is 0 Å². The Labute approximate surface area is 166 Å². The summed E-state index contributed by atoms with van der Waals surface area (Å²) in [4.78, 5) is 35.9. The summed E-state index contributed by atoms with van der Waals surface area (Å²) in [6.07, 6.45) is -0.295. The molecular formula is C21H31NO6. The van der Waals surface area contributed by atoms with Crippen LogP contribution in [0.15, 0.2) is 24.3 Å². The molecule has 0 aliphatic carbocycles. The second kappa shape index (κ2) is 9.57. The van der Waals surface area contributed by atoms with Gasteiger partial charge in [-0.3, -0.25) is 4.79 Å². The summed E-state index contributed by atoms with van der Waals surface area (Å²) >= 11 is 0. The van der Waals surface area contributed by atoms with Gasteiger partial charge in [-0.1, -0.05) is 24.3 Å². The fraction of sp³-hybridized carbons (Fsp3) is 0.571. The van der Waals surface area contributed by atoms with Crippen LogP contribution in [0, 0.1) is 0 Å². The van der Waals surface area contributed by atoms with Crippen molar-refractivity contribution in [2.75, 3.05) is 7.11 Å². The Morgan fingerprint density at radius 3 is 1.86 bits per heavy atom. The molecule has 0 aliphatic heterocycles.